The van der Waals surface area contributed by atoms with E-state index in [1.807, 2.05) is 0 Å². The lowest BCUT2D eigenvalue weighted by molar-refractivity contribution is 0.251. The van der Waals surface area contributed by atoms with Gasteiger partial charge < -0.3 is 16.5 Å². The van der Waals surface area contributed by atoms with Gasteiger partial charge in [-0.05, 0) is 18.8 Å². The summed E-state index contributed by atoms with van der Waals surface area (Å²) in [6, 6.07) is 0. The summed E-state index contributed by atoms with van der Waals surface area (Å²) in [4.78, 5) is 2.07. The van der Waals surface area contributed by atoms with Gasteiger partial charge in [-0.1, -0.05) is 13.3 Å². The number of hydrogen-bond donors (Lipinski definition) is 2. The Kier molecular flexibility index (Phi) is 3.19. The summed E-state index contributed by atoms with van der Waals surface area (Å²) in [5.74, 6) is 6.35. The van der Waals surface area contributed by atoms with E-state index in [0.717, 1.165) is 19.0 Å². The van der Waals surface area contributed by atoms with E-state index >= 15 is 0 Å². The lowest BCUT2D eigenvalue weighted by Gasteiger charge is -2.32. The topological polar surface area (TPSA) is 67.6 Å². The molecule has 1 heterocycles. The van der Waals surface area contributed by atoms with Crippen LogP contribution in [0, 0.1) is 5.92 Å². The highest BCUT2D eigenvalue weighted by atomic mass is 15.3. The van der Waals surface area contributed by atoms with Crippen molar-refractivity contribution < 1.29 is 0 Å². The highest BCUT2D eigenvalue weighted by Gasteiger charge is 2.19. The molecular weight excluding hydrogens is 152 g/mol. The molecule has 0 amide bonds. The molecule has 0 radical (unpaired) electrons. The van der Waals surface area contributed by atoms with Gasteiger partial charge >= 0.3 is 0 Å². The fourth-order valence-electron chi connectivity index (χ4n) is 1.69. The first kappa shape index (κ1) is 9.16. The number of guanidine groups is 1. The molecule has 0 spiro atoms. The normalized spacial score (nSPS) is 25.9. The van der Waals surface area contributed by atoms with Crippen LogP contribution in [0.4, 0.5) is 0 Å². The Morgan fingerprint density at radius 3 is 3.00 bits per heavy atom. The fraction of sp³-hybridized carbons (Fsp3) is 0.875. The number of nitrogens with two attached hydrogens (primary N) is 2. The van der Waals surface area contributed by atoms with Gasteiger partial charge in [-0.2, -0.15) is 0 Å². The molecule has 70 valence electrons. The average Bonchev–Trinajstić information content (AvgIpc) is 2.17. The van der Waals surface area contributed by atoms with Crippen molar-refractivity contribution in [3.8, 4) is 0 Å². The molecule has 12 heavy (non-hydrogen) atoms. The Balaban J connectivity index is 2.45. The van der Waals surface area contributed by atoms with Gasteiger partial charge in [0, 0.05) is 13.1 Å². The second kappa shape index (κ2) is 4.18. The van der Waals surface area contributed by atoms with Gasteiger partial charge in [0.25, 0.3) is 0 Å². The molecule has 1 fully saturated rings. The number of hydrogen-bond acceptors (Lipinski definition) is 2. The van der Waals surface area contributed by atoms with E-state index in [4.69, 9.17) is 11.6 Å². The van der Waals surface area contributed by atoms with Crippen LogP contribution < -0.4 is 11.6 Å². The third-order valence-corrected chi connectivity index (χ3v) is 2.55. The maximum atomic E-state index is 5.62. The van der Waals surface area contributed by atoms with Gasteiger partial charge in [0.2, 0.25) is 5.96 Å². The summed E-state index contributed by atoms with van der Waals surface area (Å²) in [5.41, 5.74) is 5.62. The molecule has 4 nitrogen and oxygen atoms in total. The molecule has 0 bridgehead atoms. The van der Waals surface area contributed by atoms with Crippen LogP contribution in [0.5, 0.6) is 0 Å². The smallest absolute Gasteiger partial charge is 0.213 e. The first-order chi connectivity index (χ1) is 5.77. The molecule has 0 aromatic heterocycles. The molecule has 0 aliphatic carbocycles. The van der Waals surface area contributed by atoms with Gasteiger partial charge in [0.1, 0.15) is 0 Å². The highest BCUT2D eigenvalue weighted by Crippen LogP contribution is 2.18. The molecule has 4 heteroatoms. The summed E-state index contributed by atoms with van der Waals surface area (Å²) < 4.78 is 0. The van der Waals surface area contributed by atoms with Crippen LogP contribution in [-0.4, -0.2) is 23.9 Å². The van der Waals surface area contributed by atoms with Crippen molar-refractivity contribution >= 4 is 5.96 Å². The summed E-state index contributed by atoms with van der Waals surface area (Å²) >= 11 is 0. The Hall–Kier alpha value is -0.930. The molecule has 0 aromatic rings. The quantitative estimate of drug-likeness (QED) is 0.257. The molecule has 0 aromatic carbocycles. The van der Waals surface area contributed by atoms with E-state index < -0.39 is 0 Å². The minimum atomic E-state index is 0.480. The van der Waals surface area contributed by atoms with Crippen LogP contribution in [0.2, 0.25) is 0 Å². The Bertz CT molecular complexity index is 166. The minimum Gasteiger partial charge on any atom is -0.368 e. The molecule has 4 N–H and O–H groups in total. The molecule has 0 saturated carbocycles. The van der Waals surface area contributed by atoms with Crippen molar-refractivity contribution in [2.75, 3.05) is 13.1 Å². The zero-order valence-corrected chi connectivity index (χ0v) is 7.66. The largest absolute Gasteiger partial charge is 0.368 e. The minimum absolute atomic E-state index is 0.480. The maximum absolute atomic E-state index is 5.62. The molecule has 1 saturated heterocycles. The molecule has 1 aliphatic rings. The van der Waals surface area contributed by atoms with E-state index in [1.54, 1.807) is 0 Å². The number of nitrogens with zero attached hydrogens (tertiary/aromatic N) is 2. The summed E-state index contributed by atoms with van der Waals surface area (Å²) in [7, 11) is 0. The van der Waals surface area contributed by atoms with Crippen LogP contribution in [0.15, 0.2) is 5.10 Å². The van der Waals surface area contributed by atoms with Crippen molar-refractivity contribution in [3.63, 3.8) is 0 Å². The van der Waals surface area contributed by atoms with Crippen molar-refractivity contribution in [1.82, 2.24) is 4.90 Å². The van der Waals surface area contributed by atoms with Crippen molar-refractivity contribution in [3.05, 3.63) is 0 Å². The second-order valence-corrected chi connectivity index (χ2v) is 3.35. The zero-order valence-electron chi connectivity index (χ0n) is 7.66. The number of likely N-dealkylation sites (tertiary alicyclic amines) is 1. The maximum Gasteiger partial charge on any atom is 0.213 e. The summed E-state index contributed by atoms with van der Waals surface area (Å²) in [6.07, 6.45) is 3.73. The van der Waals surface area contributed by atoms with E-state index in [-0.39, 0.29) is 0 Å². The first-order valence-corrected chi connectivity index (χ1v) is 4.56. The number of rotatable bonds is 1. The Morgan fingerprint density at radius 2 is 2.42 bits per heavy atom. The van der Waals surface area contributed by atoms with Gasteiger partial charge in [0.05, 0.1) is 0 Å². The lowest BCUT2D eigenvalue weighted by atomic mass is 9.96. The molecule has 1 rings (SSSR count). The SMILES string of the molecule is CCC1CCCN(C(N)=NN)C1. The van der Waals surface area contributed by atoms with Crippen LogP contribution >= 0.6 is 0 Å². The van der Waals surface area contributed by atoms with Crippen LogP contribution in [0.1, 0.15) is 26.2 Å². The number of hydrazone groups is 1. The van der Waals surface area contributed by atoms with Crippen LogP contribution in [0.3, 0.4) is 0 Å². The predicted octanol–water partition coefficient (Wildman–Crippen LogP) is 0.297. The summed E-state index contributed by atoms with van der Waals surface area (Å²) in [6.45, 7) is 4.23. The Morgan fingerprint density at radius 1 is 1.67 bits per heavy atom. The molecule has 1 unspecified atom stereocenters. The first-order valence-electron chi connectivity index (χ1n) is 4.56. The van der Waals surface area contributed by atoms with E-state index in [1.165, 1.54) is 19.3 Å². The lowest BCUT2D eigenvalue weighted by Crippen LogP contribution is -2.44. The molecular formula is C8H18N4. The predicted molar refractivity (Wildman–Crippen MR) is 50.4 cm³/mol. The summed E-state index contributed by atoms with van der Waals surface area (Å²) in [5, 5.41) is 3.50. The molecule has 1 atom stereocenters. The average molecular weight is 170 g/mol. The number of piperidine rings is 1. The van der Waals surface area contributed by atoms with Crippen molar-refractivity contribution in [1.29, 1.82) is 0 Å². The van der Waals surface area contributed by atoms with E-state index in [0.29, 0.717) is 5.96 Å². The van der Waals surface area contributed by atoms with Crippen LogP contribution in [0.25, 0.3) is 0 Å². The van der Waals surface area contributed by atoms with Gasteiger partial charge in [0.15, 0.2) is 0 Å². The van der Waals surface area contributed by atoms with Crippen LogP contribution in [-0.2, 0) is 0 Å². The zero-order chi connectivity index (χ0) is 8.97. The second-order valence-electron chi connectivity index (χ2n) is 3.35. The van der Waals surface area contributed by atoms with Crippen molar-refractivity contribution in [2.24, 2.45) is 22.6 Å². The highest BCUT2D eigenvalue weighted by molar-refractivity contribution is 5.77. The third-order valence-electron chi connectivity index (χ3n) is 2.55. The van der Waals surface area contributed by atoms with Crippen molar-refractivity contribution in [2.45, 2.75) is 26.2 Å². The fourth-order valence-corrected chi connectivity index (χ4v) is 1.69. The third kappa shape index (κ3) is 2.03. The van der Waals surface area contributed by atoms with E-state index in [2.05, 4.69) is 16.9 Å². The monoisotopic (exact) mass is 170 g/mol. The van der Waals surface area contributed by atoms with Gasteiger partial charge in [-0.15, -0.1) is 5.10 Å². The van der Waals surface area contributed by atoms with Gasteiger partial charge in [-0.3, -0.25) is 0 Å². The van der Waals surface area contributed by atoms with Gasteiger partial charge in [-0.25, -0.2) is 0 Å². The van der Waals surface area contributed by atoms with E-state index in [9.17, 15) is 0 Å². The standard InChI is InChI=1S/C8H18N4/c1-2-7-4-3-5-12(6-7)8(9)11-10/h7H,2-6,10H2,1H3,(H2,9,11). The Labute approximate surface area is 73.6 Å². The molecule has 1 aliphatic heterocycles.